The predicted molar refractivity (Wildman–Crippen MR) is 64.7 cm³/mol. The number of carbonyl (C=O) groups excluding carboxylic acids is 2. The number of nitrogens with zero attached hydrogens (tertiary/aromatic N) is 2. The van der Waals surface area contributed by atoms with Gasteiger partial charge in [0, 0.05) is 11.5 Å². The minimum Gasteiger partial charge on any atom is -0.299 e. The molecule has 0 aliphatic heterocycles. The zero-order valence-electron chi connectivity index (χ0n) is 10.2. The van der Waals surface area contributed by atoms with Gasteiger partial charge in [0.15, 0.2) is 5.78 Å². The fourth-order valence-electron chi connectivity index (χ4n) is 1.46. The first kappa shape index (κ1) is 13.6. The van der Waals surface area contributed by atoms with Crippen molar-refractivity contribution in [2.75, 3.05) is 0 Å². The van der Waals surface area contributed by atoms with Gasteiger partial charge in [-0.15, -0.1) is 0 Å². The Morgan fingerprint density at radius 3 is 2.39 bits per heavy atom. The molecule has 4 heteroatoms. The highest BCUT2D eigenvalue weighted by atomic mass is 16.1. The average molecular weight is 240 g/mol. The Kier molecular flexibility index (Phi) is 4.34. The number of benzene rings is 1. The van der Waals surface area contributed by atoms with Crippen molar-refractivity contribution in [1.82, 2.24) is 0 Å². The van der Waals surface area contributed by atoms with Crippen LogP contribution in [0.15, 0.2) is 18.2 Å². The van der Waals surface area contributed by atoms with Crippen LogP contribution in [0.5, 0.6) is 0 Å². The standard InChI is InChI=1S/C14H12N2O2/c1-9(2)13(17)6-14(18)11-5-3-4-10(7-15)12(11)8-16/h3-5,9H,6H2,1-2H3. The molecule has 0 heterocycles. The summed E-state index contributed by atoms with van der Waals surface area (Å²) in [6.07, 6.45) is -0.235. The fraction of sp³-hybridized carbons (Fsp3) is 0.286. The van der Waals surface area contributed by atoms with E-state index >= 15 is 0 Å². The second-order valence-electron chi connectivity index (χ2n) is 4.17. The second-order valence-corrected chi connectivity index (χ2v) is 4.17. The average Bonchev–Trinajstić information content (AvgIpc) is 2.37. The molecule has 0 N–H and O–H groups in total. The number of hydrogen-bond acceptors (Lipinski definition) is 4. The predicted octanol–water partition coefficient (Wildman–Crippen LogP) is 2.23. The Hall–Kier alpha value is -2.46. The van der Waals surface area contributed by atoms with Crippen LogP contribution >= 0.6 is 0 Å². The van der Waals surface area contributed by atoms with E-state index in [0.717, 1.165) is 0 Å². The van der Waals surface area contributed by atoms with Gasteiger partial charge in [-0.1, -0.05) is 19.9 Å². The van der Waals surface area contributed by atoms with Crippen molar-refractivity contribution >= 4 is 11.6 Å². The van der Waals surface area contributed by atoms with Crippen LogP contribution < -0.4 is 0 Å². The second kappa shape index (κ2) is 5.75. The molecule has 0 fully saturated rings. The lowest BCUT2D eigenvalue weighted by molar-refractivity contribution is -0.121. The molecule has 0 spiro atoms. The summed E-state index contributed by atoms with van der Waals surface area (Å²) in [5, 5.41) is 17.8. The van der Waals surface area contributed by atoms with Crippen LogP contribution in [0.2, 0.25) is 0 Å². The van der Waals surface area contributed by atoms with Gasteiger partial charge in [0.1, 0.15) is 17.9 Å². The van der Waals surface area contributed by atoms with Gasteiger partial charge in [-0.25, -0.2) is 0 Å². The van der Waals surface area contributed by atoms with E-state index in [4.69, 9.17) is 10.5 Å². The van der Waals surface area contributed by atoms with Crippen molar-refractivity contribution < 1.29 is 9.59 Å². The summed E-state index contributed by atoms with van der Waals surface area (Å²) in [6.45, 7) is 3.43. The van der Waals surface area contributed by atoms with Crippen LogP contribution in [0, 0.1) is 28.6 Å². The molecule has 0 saturated heterocycles. The minimum absolute atomic E-state index is 0.0431. The summed E-state index contributed by atoms with van der Waals surface area (Å²) < 4.78 is 0. The first-order chi connectivity index (χ1) is 8.51. The van der Waals surface area contributed by atoms with E-state index in [1.54, 1.807) is 13.8 Å². The molecular weight excluding hydrogens is 228 g/mol. The van der Waals surface area contributed by atoms with Crippen molar-refractivity contribution in [1.29, 1.82) is 10.5 Å². The Balaban J connectivity index is 3.12. The van der Waals surface area contributed by atoms with Crippen LogP contribution in [0.25, 0.3) is 0 Å². The lowest BCUT2D eigenvalue weighted by atomic mass is 9.95. The Bertz CT molecular complexity index is 574. The van der Waals surface area contributed by atoms with Crippen LogP contribution in [0.4, 0.5) is 0 Å². The highest BCUT2D eigenvalue weighted by Crippen LogP contribution is 2.16. The highest BCUT2D eigenvalue weighted by molar-refractivity contribution is 6.09. The zero-order chi connectivity index (χ0) is 13.7. The summed E-state index contributed by atoms with van der Waals surface area (Å²) >= 11 is 0. The lowest BCUT2D eigenvalue weighted by Crippen LogP contribution is -2.14. The van der Waals surface area contributed by atoms with Gasteiger partial charge in [-0.2, -0.15) is 10.5 Å². The van der Waals surface area contributed by atoms with Gasteiger partial charge in [0.2, 0.25) is 0 Å². The van der Waals surface area contributed by atoms with Gasteiger partial charge in [0.25, 0.3) is 0 Å². The number of rotatable bonds is 4. The molecule has 1 aromatic carbocycles. The lowest BCUT2D eigenvalue weighted by Gasteiger charge is -2.05. The van der Waals surface area contributed by atoms with Gasteiger partial charge in [-0.05, 0) is 12.1 Å². The van der Waals surface area contributed by atoms with Gasteiger partial charge < -0.3 is 0 Å². The van der Waals surface area contributed by atoms with Crippen LogP contribution in [0.3, 0.4) is 0 Å². The molecule has 0 aromatic heterocycles. The third-order valence-corrected chi connectivity index (χ3v) is 2.58. The summed E-state index contributed by atoms with van der Waals surface area (Å²) in [4.78, 5) is 23.4. The summed E-state index contributed by atoms with van der Waals surface area (Å²) in [7, 11) is 0. The third kappa shape index (κ3) is 2.81. The van der Waals surface area contributed by atoms with E-state index in [1.165, 1.54) is 18.2 Å². The first-order valence-electron chi connectivity index (χ1n) is 5.50. The Morgan fingerprint density at radius 2 is 1.89 bits per heavy atom. The van der Waals surface area contributed by atoms with Crippen molar-refractivity contribution in [3.8, 4) is 12.1 Å². The van der Waals surface area contributed by atoms with Gasteiger partial charge in [-0.3, -0.25) is 9.59 Å². The SMILES string of the molecule is CC(C)C(=O)CC(=O)c1cccc(C#N)c1C#N. The van der Waals surface area contributed by atoms with E-state index in [9.17, 15) is 9.59 Å². The number of carbonyl (C=O) groups is 2. The quantitative estimate of drug-likeness (QED) is 0.596. The summed E-state index contributed by atoms with van der Waals surface area (Å²) in [5.74, 6) is -0.813. The maximum Gasteiger partial charge on any atom is 0.171 e. The van der Waals surface area contributed by atoms with E-state index in [1.807, 2.05) is 12.1 Å². The molecule has 1 rings (SSSR count). The van der Waals surface area contributed by atoms with Crippen molar-refractivity contribution in [2.45, 2.75) is 20.3 Å². The van der Waals surface area contributed by atoms with E-state index in [-0.39, 0.29) is 34.8 Å². The van der Waals surface area contributed by atoms with Crippen LogP contribution in [-0.2, 0) is 4.79 Å². The molecule has 4 nitrogen and oxygen atoms in total. The molecule has 0 atom stereocenters. The monoisotopic (exact) mass is 240 g/mol. The normalized spacial score (nSPS) is 9.61. The van der Waals surface area contributed by atoms with E-state index in [0.29, 0.717) is 0 Å². The molecular formula is C14H12N2O2. The molecule has 0 radical (unpaired) electrons. The smallest absolute Gasteiger partial charge is 0.171 e. The minimum atomic E-state index is -0.414. The Labute approximate surface area is 105 Å². The molecule has 0 aliphatic carbocycles. The number of nitriles is 2. The maximum absolute atomic E-state index is 11.9. The summed E-state index contributed by atoms with van der Waals surface area (Å²) in [6, 6.07) is 8.18. The van der Waals surface area contributed by atoms with Gasteiger partial charge >= 0.3 is 0 Å². The van der Waals surface area contributed by atoms with Crippen LogP contribution in [0.1, 0.15) is 41.8 Å². The number of Topliss-reactive ketones (excluding diaryl/α,β-unsaturated/α-hetero) is 2. The molecule has 0 bridgehead atoms. The van der Waals surface area contributed by atoms with Crippen molar-refractivity contribution in [3.63, 3.8) is 0 Å². The summed E-state index contributed by atoms with van der Waals surface area (Å²) in [5.41, 5.74) is 0.340. The molecule has 0 unspecified atom stereocenters. The van der Waals surface area contributed by atoms with Crippen molar-refractivity contribution in [2.24, 2.45) is 5.92 Å². The molecule has 0 aliphatic rings. The Morgan fingerprint density at radius 1 is 1.22 bits per heavy atom. The molecule has 90 valence electrons. The molecule has 18 heavy (non-hydrogen) atoms. The third-order valence-electron chi connectivity index (χ3n) is 2.58. The van der Waals surface area contributed by atoms with Gasteiger partial charge in [0.05, 0.1) is 17.5 Å². The zero-order valence-corrected chi connectivity index (χ0v) is 10.2. The van der Waals surface area contributed by atoms with E-state index in [2.05, 4.69) is 0 Å². The highest BCUT2D eigenvalue weighted by Gasteiger charge is 2.19. The topological polar surface area (TPSA) is 81.7 Å². The largest absolute Gasteiger partial charge is 0.299 e. The van der Waals surface area contributed by atoms with Crippen LogP contribution in [-0.4, -0.2) is 11.6 Å². The molecule has 0 saturated carbocycles. The molecule has 1 aromatic rings. The van der Waals surface area contributed by atoms with E-state index < -0.39 is 5.78 Å². The first-order valence-corrected chi connectivity index (χ1v) is 5.50. The fourth-order valence-corrected chi connectivity index (χ4v) is 1.46. The van der Waals surface area contributed by atoms with Crippen molar-refractivity contribution in [3.05, 3.63) is 34.9 Å². The number of hydrogen-bond donors (Lipinski definition) is 0. The number of ketones is 2. The molecule has 0 amide bonds. The maximum atomic E-state index is 11.9.